The van der Waals surface area contributed by atoms with E-state index in [2.05, 4.69) is 41.3 Å². The van der Waals surface area contributed by atoms with Crippen molar-refractivity contribution in [3.8, 4) is 5.75 Å². The van der Waals surface area contributed by atoms with Gasteiger partial charge in [0.15, 0.2) is 0 Å². The first-order valence-electron chi connectivity index (χ1n) is 13.0. The van der Waals surface area contributed by atoms with E-state index in [1.54, 1.807) is 41.6 Å². The number of ether oxygens (including phenoxy) is 1. The Bertz CT molecular complexity index is 1220. The summed E-state index contributed by atoms with van der Waals surface area (Å²) in [7, 11) is 2.06. The second-order valence-electron chi connectivity index (χ2n) is 10.1. The Morgan fingerprint density at radius 2 is 1.92 bits per heavy atom. The highest BCUT2D eigenvalue weighted by molar-refractivity contribution is 6.04. The van der Waals surface area contributed by atoms with Crippen LogP contribution in [-0.4, -0.2) is 70.6 Å². The van der Waals surface area contributed by atoms with Gasteiger partial charge in [0.1, 0.15) is 11.9 Å². The van der Waals surface area contributed by atoms with Gasteiger partial charge in [-0.3, -0.25) is 19.5 Å². The molecule has 2 N–H and O–H groups in total. The fraction of sp³-hybridized carbons (Fsp3) is 0.367. The van der Waals surface area contributed by atoms with Gasteiger partial charge in [0.05, 0.1) is 19.1 Å². The number of hydrogen-bond donors (Lipinski definition) is 2. The van der Waals surface area contributed by atoms with Crippen molar-refractivity contribution >= 4 is 17.5 Å². The number of rotatable bonds is 8. The highest BCUT2D eigenvalue weighted by atomic mass is 16.5. The first kappa shape index (κ1) is 27.3. The Labute approximate surface area is 224 Å². The zero-order valence-electron chi connectivity index (χ0n) is 22.2. The summed E-state index contributed by atoms with van der Waals surface area (Å²) in [6.07, 6.45) is 3.05. The lowest BCUT2D eigenvalue weighted by atomic mass is 10.0. The minimum atomic E-state index is -0.316. The molecule has 3 atom stereocenters. The van der Waals surface area contributed by atoms with Crippen molar-refractivity contribution in [2.75, 3.05) is 32.1 Å². The average molecular weight is 517 g/mol. The zero-order valence-corrected chi connectivity index (χ0v) is 22.2. The van der Waals surface area contributed by atoms with E-state index < -0.39 is 0 Å². The molecule has 38 heavy (non-hydrogen) atoms. The second kappa shape index (κ2) is 12.7. The van der Waals surface area contributed by atoms with Crippen LogP contribution in [0, 0.1) is 5.92 Å². The van der Waals surface area contributed by atoms with E-state index in [0.29, 0.717) is 35.7 Å². The summed E-state index contributed by atoms with van der Waals surface area (Å²) in [6.45, 7) is 5.73. The Morgan fingerprint density at radius 1 is 1.18 bits per heavy atom. The van der Waals surface area contributed by atoms with Gasteiger partial charge in [-0.25, -0.2) is 0 Å². The maximum atomic E-state index is 13.4. The van der Waals surface area contributed by atoms with Crippen LogP contribution in [0.5, 0.6) is 5.75 Å². The standard InChI is InChI=1S/C30H36N4O4/c1-21-17-34(22(2)20-35)29(36)16-25-15-26(32-30(37)24-11-13-31-14-12-24)9-10-27(25)38-28(21)19-33(3)18-23-7-5-4-6-8-23/h4-15,21-22,28,35H,16-20H2,1-3H3,(H,32,37)/t21-,22-,28+/m0/s1. The van der Waals surface area contributed by atoms with Gasteiger partial charge in [-0.2, -0.15) is 0 Å². The lowest BCUT2D eigenvalue weighted by Crippen LogP contribution is -2.47. The van der Waals surface area contributed by atoms with Crippen LogP contribution >= 0.6 is 0 Å². The van der Waals surface area contributed by atoms with Crippen molar-refractivity contribution in [3.63, 3.8) is 0 Å². The molecule has 0 spiro atoms. The number of pyridine rings is 1. The quantitative estimate of drug-likeness (QED) is 0.475. The molecule has 0 unspecified atom stereocenters. The van der Waals surface area contributed by atoms with Gasteiger partial charge in [0.25, 0.3) is 5.91 Å². The van der Waals surface area contributed by atoms with Crippen molar-refractivity contribution < 1.29 is 19.4 Å². The van der Waals surface area contributed by atoms with Crippen LogP contribution in [0.4, 0.5) is 5.69 Å². The molecule has 3 aromatic rings. The number of carbonyl (C=O) groups excluding carboxylic acids is 2. The maximum absolute atomic E-state index is 13.4. The molecule has 2 amide bonds. The number of aliphatic hydroxyl groups excluding tert-OH is 1. The average Bonchev–Trinajstić information content (AvgIpc) is 2.97. The van der Waals surface area contributed by atoms with Gasteiger partial charge in [0, 0.05) is 54.8 Å². The third-order valence-corrected chi connectivity index (χ3v) is 6.90. The number of amides is 2. The minimum Gasteiger partial charge on any atom is -0.488 e. The Kier molecular flexibility index (Phi) is 9.10. The first-order chi connectivity index (χ1) is 18.3. The van der Waals surface area contributed by atoms with Crippen LogP contribution in [0.3, 0.4) is 0 Å². The van der Waals surface area contributed by atoms with Crippen LogP contribution in [0.1, 0.15) is 35.3 Å². The number of aromatic nitrogens is 1. The molecule has 0 saturated carbocycles. The van der Waals surface area contributed by atoms with Crippen LogP contribution in [-0.2, 0) is 17.8 Å². The number of likely N-dealkylation sites (N-methyl/N-ethyl adjacent to an activating group) is 1. The van der Waals surface area contributed by atoms with Crippen LogP contribution in [0.15, 0.2) is 73.1 Å². The van der Waals surface area contributed by atoms with Crippen molar-refractivity contribution in [3.05, 3.63) is 89.7 Å². The van der Waals surface area contributed by atoms with E-state index in [1.165, 1.54) is 5.56 Å². The summed E-state index contributed by atoms with van der Waals surface area (Å²) < 4.78 is 6.59. The highest BCUT2D eigenvalue weighted by Crippen LogP contribution is 2.29. The molecular formula is C30H36N4O4. The third-order valence-electron chi connectivity index (χ3n) is 6.90. The Morgan fingerprint density at radius 3 is 2.63 bits per heavy atom. The van der Waals surface area contributed by atoms with E-state index in [-0.39, 0.29) is 42.9 Å². The van der Waals surface area contributed by atoms with Crippen molar-refractivity contribution in [1.29, 1.82) is 0 Å². The molecule has 0 bridgehead atoms. The van der Waals surface area contributed by atoms with Crippen molar-refractivity contribution in [1.82, 2.24) is 14.8 Å². The molecule has 0 saturated heterocycles. The fourth-order valence-corrected chi connectivity index (χ4v) is 4.70. The number of benzene rings is 2. The number of aliphatic hydroxyl groups is 1. The molecule has 0 radical (unpaired) electrons. The van der Waals surface area contributed by atoms with E-state index in [4.69, 9.17) is 4.74 Å². The summed E-state index contributed by atoms with van der Waals surface area (Å²) in [5.41, 5.74) is 2.98. The number of fused-ring (bicyclic) bond motifs is 1. The molecule has 1 aliphatic heterocycles. The molecule has 4 rings (SSSR count). The Hall–Kier alpha value is -3.75. The van der Waals surface area contributed by atoms with Crippen LogP contribution < -0.4 is 10.1 Å². The van der Waals surface area contributed by atoms with E-state index >= 15 is 0 Å². The molecule has 8 heteroatoms. The smallest absolute Gasteiger partial charge is 0.255 e. The van der Waals surface area contributed by atoms with E-state index in [1.807, 2.05) is 31.2 Å². The van der Waals surface area contributed by atoms with Crippen LogP contribution in [0.25, 0.3) is 0 Å². The van der Waals surface area contributed by atoms with Crippen LogP contribution in [0.2, 0.25) is 0 Å². The number of anilines is 1. The summed E-state index contributed by atoms with van der Waals surface area (Å²) in [5, 5.41) is 12.8. The molecule has 2 heterocycles. The summed E-state index contributed by atoms with van der Waals surface area (Å²) in [5.74, 6) is 0.304. The monoisotopic (exact) mass is 516 g/mol. The molecule has 200 valence electrons. The van der Waals surface area contributed by atoms with Gasteiger partial charge in [-0.15, -0.1) is 0 Å². The largest absolute Gasteiger partial charge is 0.488 e. The van der Waals surface area contributed by atoms with Gasteiger partial charge in [-0.1, -0.05) is 37.3 Å². The molecule has 1 aliphatic rings. The molecule has 8 nitrogen and oxygen atoms in total. The second-order valence-corrected chi connectivity index (χ2v) is 10.1. The van der Waals surface area contributed by atoms with Crippen molar-refractivity contribution in [2.45, 2.75) is 39.0 Å². The predicted octanol–water partition coefficient (Wildman–Crippen LogP) is 3.61. The molecule has 2 aromatic carbocycles. The number of carbonyl (C=O) groups is 2. The normalized spacial score (nSPS) is 18.6. The molecular weight excluding hydrogens is 480 g/mol. The van der Waals surface area contributed by atoms with Gasteiger partial charge in [0.2, 0.25) is 5.91 Å². The van der Waals surface area contributed by atoms with Gasteiger partial charge < -0.3 is 20.1 Å². The number of nitrogens with zero attached hydrogens (tertiary/aromatic N) is 3. The summed E-state index contributed by atoms with van der Waals surface area (Å²) >= 11 is 0. The summed E-state index contributed by atoms with van der Waals surface area (Å²) in [6, 6.07) is 18.7. The lowest BCUT2D eigenvalue weighted by Gasteiger charge is -2.34. The topological polar surface area (TPSA) is 95.0 Å². The fourth-order valence-electron chi connectivity index (χ4n) is 4.70. The molecule has 0 aliphatic carbocycles. The predicted molar refractivity (Wildman–Crippen MR) is 147 cm³/mol. The first-order valence-corrected chi connectivity index (χ1v) is 13.0. The maximum Gasteiger partial charge on any atom is 0.255 e. The zero-order chi connectivity index (χ0) is 27.1. The SMILES string of the molecule is C[C@H]1CN([C@@H](C)CO)C(=O)Cc2cc(NC(=O)c3ccncc3)ccc2O[C@@H]1CN(C)Cc1ccccc1. The van der Waals surface area contributed by atoms with E-state index in [9.17, 15) is 14.7 Å². The number of nitrogens with one attached hydrogen (secondary N) is 1. The van der Waals surface area contributed by atoms with Gasteiger partial charge >= 0.3 is 0 Å². The van der Waals surface area contributed by atoms with E-state index in [0.717, 1.165) is 6.54 Å². The summed E-state index contributed by atoms with van der Waals surface area (Å²) in [4.78, 5) is 34.0. The van der Waals surface area contributed by atoms with Crippen molar-refractivity contribution in [2.24, 2.45) is 5.92 Å². The Balaban J connectivity index is 1.60. The number of hydrogen-bond acceptors (Lipinski definition) is 6. The molecule has 1 aromatic heterocycles. The highest BCUT2D eigenvalue weighted by Gasteiger charge is 2.31. The minimum absolute atomic E-state index is 0.0168. The third kappa shape index (κ3) is 6.96. The van der Waals surface area contributed by atoms with Gasteiger partial charge in [-0.05, 0) is 49.9 Å². The lowest BCUT2D eigenvalue weighted by molar-refractivity contribution is -0.134. The molecule has 0 fully saturated rings.